The molecule has 0 atom stereocenters. The SMILES string of the molecule is Cc1oc(C(C(C)C)C(C)C)cc1C(C)C. The predicted molar refractivity (Wildman–Crippen MR) is 70.0 cm³/mol. The van der Waals surface area contributed by atoms with Crippen LogP contribution in [0.1, 0.15) is 70.5 Å². The summed E-state index contributed by atoms with van der Waals surface area (Å²) in [5.74, 6) is 4.61. The van der Waals surface area contributed by atoms with E-state index in [1.807, 2.05) is 0 Å². The molecule has 16 heavy (non-hydrogen) atoms. The average molecular weight is 222 g/mol. The predicted octanol–water partition coefficient (Wildman–Crippen LogP) is 5.11. The van der Waals surface area contributed by atoms with Gasteiger partial charge in [0.25, 0.3) is 0 Å². The van der Waals surface area contributed by atoms with E-state index in [0.717, 1.165) is 5.76 Å². The van der Waals surface area contributed by atoms with Crippen LogP contribution in [0, 0.1) is 18.8 Å². The molecule has 0 fully saturated rings. The van der Waals surface area contributed by atoms with Gasteiger partial charge in [0.2, 0.25) is 0 Å². The summed E-state index contributed by atoms with van der Waals surface area (Å²) in [6.45, 7) is 15.6. The number of furan rings is 1. The molecule has 0 aromatic carbocycles. The van der Waals surface area contributed by atoms with Gasteiger partial charge in [0, 0.05) is 5.92 Å². The maximum atomic E-state index is 5.96. The summed E-state index contributed by atoms with van der Waals surface area (Å²) in [5, 5.41) is 0. The highest BCUT2D eigenvalue weighted by Gasteiger charge is 2.24. The van der Waals surface area contributed by atoms with Crippen molar-refractivity contribution in [3.8, 4) is 0 Å². The molecule has 0 radical (unpaired) electrons. The Morgan fingerprint density at radius 2 is 1.44 bits per heavy atom. The van der Waals surface area contributed by atoms with Crippen LogP contribution in [0.4, 0.5) is 0 Å². The second-order valence-electron chi connectivity index (χ2n) is 5.83. The van der Waals surface area contributed by atoms with E-state index in [4.69, 9.17) is 4.42 Å². The lowest BCUT2D eigenvalue weighted by Crippen LogP contribution is -2.12. The second kappa shape index (κ2) is 5.07. The zero-order chi connectivity index (χ0) is 12.5. The van der Waals surface area contributed by atoms with E-state index in [1.54, 1.807) is 0 Å². The minimum absolute atomic E-state index is 0.534. The smallest absolute Gasteiger partial charge is 0.108 e. The van der Waals surface area contributed by atoms with Crippen molar-refractivity contribution in [3.63, 3.8) is 0 Å². The van der Waals surface area contributed by atoms with E-state index in [-0.39, 0.29) is 0 Å². The molecule has 92 valence electrons. The first-order valence-electron chi connectivity index (χ1n) is 6.44. The third-order valence-electron chi connectivity index (χ3n) is 3.36. The molecule has 1 heterocycles. The Labute approximate surface area is 100 Å². The van der Waals surface area contributed by atoms with E-state index in [0.29, 0.717) is 23.7 Å². The molecule has 0 N–H and O–H groups in total. The summed E-state index contributed by atoms with van der Waals surface area (Å²) in [6.07, 6.45) is 0. The third kappa shape index (κ3) is 2.69. The van der Waals surface area contributed by atoms with Crippen LogP contribution >= 0.6 is 0 Å². The van der Waals surface area contributed by atoms with Crippen LogP contribution in [-0.4, -0.2) is 0 Å². The fourth-order valence-corrected chi connectivity index (χ4v) is 2.68. The Bertz CT molecular complexity index is 323. The van der Waals surface area contributed by atoms with Crippen LogP contribution < -0.4 is 0 Å². The topological polar surface area (TPSA) is 13.1 Å². The zero-order valence-electron chi connectivity index (χ0n) is 11.8. The van der Waals surface area contributed by atoms with Crippen LogP contribution in [0.3, 0.4) is 0 Å². The molecule has 0 saturated carbocycles. The van der Waals surface area contributed by atoms with Crippen LogP contribution in [-0.2, 0) is 0 Å². The Kier molecular flexibility index (Phi) is 4.23. The van der Waals surface area contributed by atoms with Gasteiger partial charge < -0.3 is 4.42 Å². The minimum Gasteiger partial charge on any atom is -0.466 e. The van der Waals surface area contributed by atoms with Crippen molar-refractivity contribution < 1.29 is 4.42 Å². The molecule has 0 aliphatic heterocycles. The maximum absolute atomic E-state index is 5.96. The summed E-state index contributed by atoms with van der Waals surface area (Å²) in [4.78, 5) is 0. The van der Waals surface area contributed by atoms with Crippen molar-refractivity contribution in [2.45, 2.75) is 60.3 Å². The first-order valence-corrected chi connectivity index (χ1v) is 6.44. The van der Waals surface area contributed by atoms with Crippen molar-refractivity contribution in [3.05, 3.63) is 23.2 Å². The summed E-state index contributed by atoms with van der Waals surface area (Å²) in [6, 6.07) is 2.27. The number of hydrogen-bond donors (Lipinski definition) is 0. The molecule has 1 nitrogen and oxygen atoms in total. The number of aryl methyl sites for hydroxylation is 1. The van der Waals surface area contributed by atoms with E-state index >= 15 is 0 Å². The van der Waals surface area contributed by atoms with Gasteiger partial charge in [0.1, 0.15) is 11.5 Å². The first kappa shape index (κ1) is 13.3. The molecular weight excluding hydrogens is 196 g/mol. The first-order chi connectivity index (χ1) is 7.34. The summed E-state index contributed by atoms with van der Waals surface area (Å²) < 4.78 is 5.96. The maximum Gasteiger partial charge on any atom is 0.108 e. The molecule has 0 spiro atoms. The molecule has 0 unspecified atom stereocenters. The van der Waals surface area contributed by atoms with Gasteiger partial charge in [-0.15, -0.1) is 0 Å². The zero-order valence-corrected chi connectivity index (χ0v) is 11.8. The van der Waals surface area contributed by atoms with Gasteiger partial charge in [-0.05, 0) is 36.3 Å². The summed E-state index contributed by atoms with van der Waals surface area (Å²) in [5.41, 5.74) is 1.36. The van der Waals surface area contributed by atoms with Gasteiger partial charge in [-0.1, -0.05) is 41.5 Å². The third-order valence-corrected chi connectivity index (χ3v) is 3.36. The Hall–Kier alpha value is -0.720. The number of rotatable bonds is 4. The van der Waals surface area contributed by atoms with Crippen molar-refractivity contribution in [2.24, 2.45) is 11.8 Å². The molecule has 1 heteroatoms. The quantitative estimate of drug-likeness (QED) is 0.690. The highest BCUT2D eigenvalue weighted by atomic mass is 16.3. The van der Waals surface area contributed by atoms with Crippen molar-refractivity contribution >= 4 is 0 Å². The van der Waals surface area contributed by atoms with E-state index in [2.05, 4.69) is 54.5 Å². The fraction of sp³-hybridized carbons (Fsp3) is 0.733. The average Bonchev–Trinajstić information content (AvgIpc) is 2.45. The highest BCUT2D eigenvalue weighted by molar-refractivity contribution is 5.26. The van der Waals surface area contributed by atoms with Crippen LogP contribution in [0.25, 0.3) is 0 Å². The molecule has 0 saturated heterocycles. The lowest BCUT2D eigenvalue weighted by Gasteiger charge is -2.22. The van der Waals surface area contributed by atoms with Crippen molar-refractivity contribution in [1.29, 1.82) is 0 Å². The van der Waals surface area contributed by atoms with Gasteiger partial charge in [0.15, 0.2) is 0 Å². The molecule has 0 bridgehead atoms. The molecular formula is C15H26O. The standard InChI is InChI=1S/C15H26O/c1-9(2)13-8-14(16-12(13)7)15(10(3)4)11(5)6/h8-11,15H,1-7H3. The van der Waals surface area contributed by atoms with E-state index in [9.17, 15) is 0 Å². The Morgan fingerprint density at radius 3 is 1.75 bits per heavy atom. The Balaban J connectivity index is 3.07. The highest BCUT2D eigenvalue weighted by Crippen LogP contribution is 2.35. The number of hydrogen-bond acceptors (Lipinski definition) is 1. The molecule has 0 aliphatic rings. The van der Waals surface area contributed by atoms with Gasteiger partial charge in [-0.25, -0.2) is 0 Å². The van der Waals surface area contributed by atoms with E-state index in [1.165, 1.54) is 11.3 Å². The molecule has 1 aromatic rings. The molecule has 0 aliphatic carbocycles. The largest absolute Gasteiger partial charge is 0.466 e. The lowest BCUT2D eigenvalue weighted by atomic mass is 9.83. The summed E-state index contributed by atoms with van der Waals surface area (Å²) in [7, 11) is 0. The van der Waals surface area contributed by atoms with E-state index < -0.39 is 0 Å². The van der Waals surface area contributed by atoms with Crippen molar-refractivity contribution in [1.82, 2.24) is 0 Å². The molecule has 1 rings (SSSR count). The van der Waals surface area contributed by atoms with Gasteiger partial charge in [-0.2, -0.15) is 0 Å². The normalized spacial score (nSPS) is 12.4. The van der Waals surface area contributed by atoms with Gasteiger partial charge >= 0.3 is 0 Å². The van der Waals surface area contributed by atoms with Crippen molar-refractivity contribution in [2.75, 3.05) is 0 Å². The minimum atomic E-state index is 0.534. The Morgan fingerprint density at radius 1 is 0.938 bits per heavy atom. The second-order valence-corrected chi connectivity index (χ2v) is 5.83. The van der Waals surface area contributed by atoms with Crippen LogP contribution in [0.2, 0.25) is 0 Å². The summed E-state index contributed by atoms with van der Waals surface area (Å²) >= 11 is 0. The van der Waals surface area contributed by atoms with Gasteiger partial charge in [0.05, 0.1) is 0 Å². The monoisotopic (exact) mass is 222 g/mol. The van der Waals surface area contributed by atoms with Crippen LogP contribution in [0.5, 0.6) is 0 Å². The molecule has 0 amide bonds. The van der Waals surface area contributed by atoms with Gasteiger partial charge in [-0.3, -0.25) is 0 Å². The lowest BCUT2D eigenvalue weighted by molar-refractivity contribution is 0.319. The van der Waals surface area contributed by atoms with Crippen LogP contribution in [0.15, 0.2) is 10.5 Å². The molecule has 1 aromatic heterocycles. The fourth-order valence-electron chi connectivity index (χ4n) is 2.68.